The Balaban J connectivity index is 1.74. The Morgan fingerprint density at radius 2 is 1.67 bits per heavy atom. The number of aromatic nitrogens is 1. The van der Waals surface area contributed by atoms with Crippen LogP contribution in [0.4, 0.5) is 0 Å². The molecule has 102 valence electrons. The van der Waals surface area contributed by atoms with Crippen LogP contribution in [0.15, 0.2) is 60.8 Å². The van der Waals surface area contributed by atoms with Crippen LogP contribution < -0.4 is 5.32 Å². The highest BCUT2D eigenvalue weighted by Gasteiger charge is 2.03. The maximum Gasteiger partial charge on any atom is 0.0995 e. The Kier molecular flexibility index (Phi) is 3.90. The Morgan fingerprint density at radius 1 is 0.905 bits per heavy atom. The van der Waals surface area contributed by atoms with Crippen molar-refractivity contribution in [3.8, 4) is 6.07 Å². The van der Waals surface area contributed by atoms with Gasteiger partial charge in [-0.1, -0.05) is 42.5 Å². The quantitative estimate of drug-likeness (QED) is 0.792. The maximum absolute atomic E-state index is 9.09. The minimum atomic E-state index is 0.674. The van der Waals surface area contributed by atoms with Gasteiger partial charge in [0.15, 0.2) is 0 Å². The lowest BCUT2D eigenvalue weighted by atomic mass is 10.1. The van der Waals surface area contributed by atoms with Gasteiger partial charge in [0, 0.05) is 24.7 Å². The minimum absolute atomic E-state index is 0.674. The molecule has 0 saturated carbocycles. The predicted octanol–water partition coefficient (Wildman–Crippen LogP) is 3.40. The molecule has 0 spiro atoms. The summed E-state index contributed by atoms with van der Waals surface area (Å²) in [6.07, 6.45) is 1.82. The molecule has 1 heterocycles. The second-order valence-corrected chi connectivity index (χ2v) is 4.86. The summed E-state index contributed by atoms with van der Waals surface area (Å²) < 4.78 is 0. The van der Waals surface area contributed by atoms with Gasteiger partial charge in [-0.3, -0.25) is 4.98 Å². The van der Waals surface area contributed by atoms with Crippen molar-refractivity contribution in [1.82, 2.24) is 10.3 Å². The molecular formula is C18H15N3. The van der Waals surface area contributed by atoms with Crippen LogP contribution in [0.1, 0.15) is 16.7 Å². The number of para-hydroxylation sites is 1. The van der Waals surface area contributed by atoms with Gasteiger partial charge in [0.05, 0.1) is 17.1 Å². The molecule has 0 aliphatic rings. The number of nitrogens with one attached hydrogen (secondary N) is 1. The predicted molar refractivity (Wildman–Crippen MR) is 83.4 cm³/mol. The molecule has 0 aliphatic carbocycles. The van der Waals surface area contributed by atoms with E-state index in [1.807, 2.05) is 42.6 Å². The summed E-state index contributed by atoms with van der Waals surface area (Å²) in [7, 11) is 0. The van der Waals surface area contributed by atoms with Crippen molar-refractivity contribution in [3.63, 3.8) is 0 Å². The fraction of sp³-hybridized carbons (Fsp3) is 0.111. The molecule has 3 heteroatoms. The van der Waals surface area contributed by atoms with Crippen molar-refractivity contribution >= 4 is 10.9 Å². The summed E-state index contributed by atoms with van der Waals surface area (Å²) in [6.45, 7) is 1.40. The van der Waals surface area contributed by atoms with E-state index in [0.29, 0.717) is 6.54 Å². The summed E-state index contributed by atoms with van der Waals surface area (Å²) in [5, 5.41) is 13.6. The van der Waals surface area contributed by atoms with E-state index >= 15 is 0 Å². The van der Waals surface area contributed by atoms with E-state index in [1.165, 1.54) is 5.56 Å². The molecule has 0 saturated heterocycles. The summed E-state index contributed by atoms with van der Waals surface area (Å²) in [6, 6.07) is 20.1. The molecule has 1 N–H and O–H groups in total. The lowest BCUT2D eigenvalue weighted by Crippen LogP contribution is -2.14. The molecule has 3 rings (SSSR count). The highest BCUT2D eigenvalue weighted by Crippen LogP contribution is 2.16. The van der Waals surface area contributed by atoms with Gasteiger partial charge in [-0.2, -0.15) is 5.26 Å². The van der Waals surface area contributed by atoms with Gasteiger partial charge in [-0.05, 0) is 23.3 Å². The van der Waals surface area contributed by atoms with Crippen LogP contribution in [0.25, 0.3) is 10.9 Å². The van der Waals surface area contributed by atoms with E-state index in [4.69, 9.17) is 5.26 Å². The number of hydrogen-bond acceptors (Lipinski definition) is 3. The average molecular weight is 273 g/mol. The lowest BCUT2D eigenvalue weighted by molar-refractivity contribution is 0.694. The van der Waals surface area contributed by atoms with E-state index < -0.39 is 0 Å². The highest BCUT2D eigenvalue weighted by molar-refractivity contribution is 5.81. The topological polar surface area (TPSA) is 48.7 Å². The summed E-state index contributed by atoms with van der Waals surface area (Å²) in [5.74, 6) is 0. The van der Waals surface area contributed by atoms with E-state index in [2.05, 4.69) is 34.6 Å². The van der Waals surface area contributed by atoms with Crippen LogP contribution in [-0.4, -0.2) is 4.98 Å². The van der Waals surface area contributed by atoms with E-state index in [-0.39, 0.29) is 0 Å². The summed E-state index contributed by atoms with van der Waals surface area (Å²) >= 11 is 0. The Hall–Kier alpha value is -2.70. The Bertz CT molecular complexity index is 797. The first kappa shape index (κ1) is 13.3. The number of pyridine rings is 1. The van der Waals surface area contributed by atoms with Gasteiger partial charge in [0.25, 0.3) is 0 Å². The monoisotopic (exact) mass is 273 g/mol. The van der Waals surface area contributed by atoms with Gasteiger partial charge in [0.1, 0.15) is 0 Å². The first-order valence-corrected chi connectivity index (χ1v) is 6.90. The fourth-order valence-corrected chi connectivity index (χ4v) is 2.43. The van der Waals surface area contributed by atoms with Crippen LogP contribution in [0.3, 0.4) is 0 Å². The van der Waals surface area contributed by atoms with E-state index in [0.717, 1.165) is 28.6 Å². The third kappa shape index (κ3) is 2.91. The minimum Gasteiger partial charge on any atom is -0.308 e. The first-order chi connectivity index (χ1) is 10.4. The van der Waals surface area contributed by atoms with Crippen molar-refractivity contribution in [2.24, 2.45) is 0 Å². The highest BCUT2D eigenvalue weighted by atomic mass is 14.9. The molecule has 3 nitrogen and oxygen atoms in total. The zero-order valence-corrected chi connectivity index (χ0v) is 11.6. The SMILES string of the molecule is N#Cc1ccccc1CNCc1cccc2cccnc12. The van der Waals surface area contributed by atoms with Crippen molar-refractivity contribution in [2.75, 3.05) is 0 Å². The summed E-state index contributed by atoms with van der Waals surface area (Å²) in [5.41, 5.74) is 3.94. The fourth-order valence-electron chi connectivity index (χ4n) is 2.43. The molecule has 0 fully saturated rings. The largest absolute Gasteiger partial charge is 0.308 e. The lowest BCUT2D eigenvalue weighted by Gasteiger charge is -2.08. The van der Waals surface area contributed by atoms with Gasteiger partial charge < -0.3 is 5.32 Å². The summed E-state index contributed by atoms with van der Waals surface area (Å²) in [4.78, 5) is 4.45. The second kappa shape index (κ2) is 6.17. The van der Waals surface area contributed by atoms with Crippen molar-refractivity contribution in [1.29, 1.82) is 5.26 Å². The normalized spacial score (nSPS) is 10.4. The number of benzene rings is 2. The first-order valence-electron chi connectivity index (χ1n) is 6.90. The van der Waals surface area contributed by atoms with Gasteiger partial charge in [-0.15, -0.1) is 0 Å². The van der Waals surface area contributed by atoms with E-state index in [9.17, 15) is 0 Å². The van der Waals surface area contributed by atoms with Crippen molar-refractivity contribution in [3.05, 3.63) is 77.5 Å². The van der Waals surface area contributed by atoms with Crippen LogP contribution in [-0.2, 0) is 13.1 Å². The standard InChI is InChI=1S/C18H15N3/c19-11-15-5-1-2-6-16(15)12-20-13-17-8-3-7-14-9-4-10-21-18(14)17/h1-10,20H,12-13H2. The number of rotatable bonds is 4. The second-order valence-electron chi connectivity index (χ2n) is 4.86. The Labute approximate surface area is 123 Å². The maximum atomic E-state index is 9.09. The van der Waals surface area contributed by atoms with Crippen LogP contribution >= 0.6 is 0 Å². The molecule has 0 aliphatic heterocycles. The van der Waals surface area contributed by atoms with Crippen LogP contribution in [0.2, 0.25) is 0 Å². The molecule has 0 unspecified atom stereocenters. The van der Waals surface area contributed by atoms with Gasteiger partial charge in [0.2, 0.25) is 0 Å². The van der Waals surface area contributed by atoms with Crippen molar-refractivity contribution < 1.29 is 0 Å². The van der Waals surface area contributed by atoms with Crippen molar-refractivity contribution in [2.45, 2.75) is 13.1 Å². The molecule has 2 aromatic carbocycles. The third-order valence-electron chi connectivity index (χ3n) is 3.48. The smallest absolute Gasteiger partial charge is 0.0995 e. The molecule has 0 bridgehead atoms. The average Bonchev–Trinajstić information content (AvgIpc) is 2.55. The number of nitrogens with zero attached hydrogens (tertiary/aromatic N) is 2. The zero-order chi connectivity index (χ0) is 14.5. The number of fused-ring (bicyclic) bond motifs is 1. The molecule has 0 amide bonds. The molecule has 0 radical (unpaired) electrons. The van der Waals surface area contributed by atoms with Gasteiger partial charge in [-0.25, -0.2) is 0 Å². The molecule has 21 heavy (non-hydrogen) atoms. The number of nitriles is 1. The van der Waals surface area contributed by atoms with Crippen LogP contribution in [0, 0.1) is 11.3 Å². The van der Waals surface area contributed by atoms with E-state index in [1.54, 1.807) is 0 Å². The molecule has 0 atom stereocenters. The van der Waals surface area contributed by atoms with Crippen LogP contribution in [0.5, 0.6) is 0 Å². The third-order valence-corrected chi connectivity index (χ3v) is 3.48. The molecular weight excluding hydrogens is 258 g/mol. The Morgan fingerprint density at radius 3 is 2.57 bits per heavy atom. The molecule has 3 aromatic rings. The zero-order valence-electron chi connectivity index (χ0n) is 11.6. The van der Waals surface area contributed by atoms with Gasteiger partial charge >= 0.3 is 0 Å². The number of hydrogen-bond donors (Lipinski definition) is 1. The molecule has 1 aromatic heterocycles.